The van der Waals surface area contributed by atoms with E-state index in [9.17, 15) is 10.2 Å². The molecule has 0 saturated heterocycles. The number of nitrogens with zero attached hydrogens (tertiary/aromatic N) is 2. The fourth-order valence-corrected chi connectivity index (χ4v) is 3.79. The number of phenolic OH excluding ortho intramolecular Hbond substituents is 2. The summed E-state index contributed by atoms with van der Waals surface area (Å²) in [5.41, 5.74) is 3.41. The third kappa shape index (κ3) is 4.61. The molecule has 0 spiro atoms. The van der Waals surface area contributed by atoms with Crippen molar-refractivity contribution >= 4 is 12.4 Å². The van der Waals surface area contributed by atoms with Gasteiger partial charge in [0.05, 0.1) is 12.1 Å². The second-order valence-electron chi connectivity index (χ2n) is 7.39. The van der Waals surface area contributed by atoms with Gasteiger partial charge < -0.3 is 10.2 Å². The van der Waals surface area contributed by atoms with Crippen molar-refractivity contribution < 1.29 is 10.2 Å². The number of aliphatic imine (C=N–C) groups is 2. The number of aromatic hydroxyl groups is 2. The minimum absolute atomic E-state index is 0.103. The molecule has 0 aliphatic heterocycles. The van der Waals surface area contributed by atoms with Crippen molar-refractivity contribution in [1.82, 2.24) is 0 Å². The number of hydrogen-bond acceptors (Lipinski definition) is 4. The molecule has 1 aliphatic carbocycles. The molecule has 2 unspecified atom stereocenters. The average molecular weight is 379 g/mol. The standard InChI is InChI=1S/C24H30N2O2/c1-3-17-9-7-11-19(23(17)27)15-25-21-13-5-6-14-22(21)26-16-20-12-8-10-18(4-2)24(20)28/h7-12,15-16,21-22,27-28H,3-6,13-14H2,1-2H3. The molecule has 0 radical (unpaired) electrons. The van der Waals surface area contributed by atoms with Crippen molar-refractivity contribution in [1.29, 1.82) is 0 Å². The third-order valence-corrected chi connectivity index (χ3v) is 5.57. The molecule has 148 valence electrons. The Bertz CT molecular complexity index is 786. The predicted molar refractivity (Wildman–Crippen MR) is 116 cm³/mol. The number of hydrogen-bond donors (Lipinski definition) is 2. The Kier molecular flexibility index (Phi) is 6.85. The molecule has 28 heavy (non-hydrogen) atoms. The van der Waals surface area contributed by atoms with Gasteiger partial charge in [0.2, 0.25) is 0 Å². The Morgan fingerprint density at radius 3 is 1.61 bits per heavy atom. The highest BCUT2D eigenvalue weighted by Gasteiger charge is 2.23. The van der Waals surface area contributed by atoms with E-state index in [-0.39, 0.29) is 12.1 Å². The highest BCUT2D eigenvalue weighted by atomic mass is 16.3. The maximum Gasteiger partial charge on any atom is 0.127 e. The van der Waals surface area contributed by atoms with Gasteiger partial charge in [-0.1, -0.05) is 51.0 Å². The van der Waals surface area contributed by atoms with Crippen molar-refractivity contribution in [3.8, 4) is 11.5 Å². The van der Waals surface area contributed by atoms with E-state index >= 15 is 0 Å². The van der Waals surface area contributed by atoms with Crippen molar-refractivity contribution in [3.63, 3.8) is 0 Å². The maximum absolute atomic E-state index is 10.4. The number of benzene rings is 2. The summed E-state index contributed by atoms with van der Waals surface area (Å²) in [5.74, 6) is 0.650. The molecule has 3 rings (SSSR count). The topological polar surface area (TPSA) is 65.2 Å². The van der Waals surface area contributed by atoms with Crippen LogP contribution in [0.5, 0.6) is 11.5 Å². The van der Waals surface area contributed by atoms with E-state index < -0.39 is 0 Å². The van der Waals surface area contributed by atoms with E-state index in [1.165, 1.54) is 0 Å². The van der Waals surface area contributed by atoms with Gasteiger partial charge in [-0.25, -0.2) is 0 Å². The molecule has 1 aliphatic rings. The summed E-state index contributed by atoms with van der Waals surface area (Å²) in [5, 5.41) is 20.7. The van der Waals surface area contributed by atoms with Gasteiger partial charge in [0.15, 0.2) is 0 Å². The Labute approximate surface area is 167 Å². The van der Waals surface area contributed by atoms with Crippen LogP contribution in [0.3, 0.4) is 0 Å². The highest BCUT2D eigenvalue weighted by Crippen LogP contribution is 2.27. The summed E-state index contributed by atoms with van der Waals surface area (Å²) < 4.78 is 0. The SMILES string of the molecule is CCc1cccc(C=NC2CCCCC2N=Cc2cccc(CC)c2O)c1O. The highest BCUT2D eigenvalue weighted by molar-refractivity contribution is 5.85. The fourth-order valence-electron chi connectivity index (χ4n) is 3.79. The van der Waals surface area contributed by atoms with Gasteiger partial charge in [0.1, 0.15) is 11.5 Å². The zero-order chi connectivity index (χ0) is 19.9. The number of rotatable bonds is 6. The predicted octanol–water partition coefficient (Wildman–Crippen LogP) is 5.07. The van der Waals surface area contributed by atoms with Crippen LogP contribution in [0, 0.1) is 0 Å². The number of aryl methyl sites for hydroxylation is 2. The van der Waals surface area contributed by atoms with Crippen LogP contribution in [0.15, 0.2) is 46.4 Å². The molecule has 1 saturated carbocycles. The van der Waals surface area contributed by atoms with Gasteiger partial charge >= 0.3 is 0 Å². The molecule has 0 heterocycles. The lowest BCUT2D eigenvalue weighted by Gasteiger charge is -2.25. The lowest BCUT2D eigenvalue weighted by molar-refractivity contribution is 0.390. The minimum Gasteiger partial charge on any atom is -0.507 e. The molecule has 0 bridgehead atoms. The van der Waals surface area contributed by atoms with Crippen LogP contribution in [-0.4, -0.2) is 34.7 Å². The van der Waals surface area contributed by atoms with Gasteiger partial charge in [0.25, 0.3) is 0 Å². The molecule has 4 nitrogen and oxygen atoms in total. The first-order chi connectivity index (χ1) is 13.6. The first-order valence-corrected chi connectivity index (χ1v) is 10.3. The summed E-state index contributed by atoms with van der Waals surface area (Å²) in [7, 11) is 0. The van der Waals surface area contributed by atoms with Crippen LogP contribution >= 0.6 is 0 Å². The summed E-state index contributed by atoms with van der Waals surface area (Å²) in [6.07, 6.45) is 9.46. The van der Waals surface area contributed by atoms with Crippen molar-refractivity contribution in [2.45, 2.75) is 64.5 Å². The Morgan fingerprint density at radius 1 is 0.786 bits per heavy atom. The smallest absolute Gasteiger partial charge is 0.127 e. The van der Waals surface area contributed by atoms with E-state index in [4.69, 9.17) is 9.98 Å². The Balaban J connectivity index is 1.78. The van der Waals surface area contributed by atoms with Crippen LogP contribution in [0.25, 0.3) is 0 Å². The Hall–Kier alpha value is -2.62. The minimum atomic E-state index is 0.103. The summed E-state index contributed by atoms with van der Waals surface area (Å²) in [6.45, 7) is 4.07. The van der Waals surface area contributed by atoms with Gasteiger partial charge in [-0.05, 0) is 48.9 Å². The van der Waals surface area contributed by atoms with Gasteiger partial charge in [-0.3, -0.25) is 9.98 Å². The van der Waals surface area contributed by atoms with Gasteiger partial charge in [0, 0.05) is 23.6 Å². The second kappa shape index (κ2) is 9.54. The summed E-state index contributed by atoms with van der Waals surface area (Å²) in [6, 6.07) is 11.8. The van der Waals surface area contributed by atoms with Crippen molar-refractivity contribution in [2.24, 2.45) is 9.98 Å². The Morgan fingerprint density at radius 2 is 1.21 bits per heavy atom. The van der Waals surface area contributed by atoms with E-state index in [1.807, 2.05) is 50.2 Å². The zero-order valence-corrected chi connectivity index (χ0v) is 16.8. The third-order valence-electron chi connectivity index (χ3n) is 5.57. The molecule has 0 amide bonds. The first-order valence-electron chi connectivity index (χ1n) is 10.3. The molecule has 2 N–H and O–H groups in total. The molecule has 2 atom stereocenters. The van der Waals surface area contributed by atoms with Crippen molar-refractivity contribution in [2.75, 3.05) is 0 Å². The van der Waals surface area contributed by atoms with Gasteiger partial charge in [-0.15, -0.1) is 0 Å². The fraction of sp³-hybridized carbons (Fsp3) is 0.417. The molecule has 2 aromatic carbocycles. The van der Waals surface area contributed by atoms with Crippen LogP contribution in [0.4, 0.5) is 0 Å². The van der Waals surface area contributed by atoms with Crippen LogP contribution in [0.2, 0.25) is 0 Å². The van der Waals surface area contributed by atoms with Crippen LogP contribution in [-0.2, 0) is 12.8 Å². The number of para-hydroxylation sites is 2. The zero-order valence-electron chi connectivity index (χ0n) is 16.8. The molecule has 2 aromatic rings. The second-order valence-corrected chi connectivity index (χ2v) is 7.39. The van der Waals surface area contributed by atoms with E-state index in [2.05, 4.69) is 0 Å². The monoisotopic (exact) mass is 378 g/mol. The molecular weight excluding hydrogens is 348 g/mol. The maximum atomic E-state index is 10.4. The lowest BCUT2D eigenvalue weighted by Crippen LogP contribution is -2.27. The van der Waals surface area contributed by atoms with E-state index in [1.54, 1.807) is 12.4 Å². The van der Waals surface area contributed by atoms with Crippen LogP contribution in [0.1, 0.15) is 61.8 Å². The number of phenols is 2. The molecule has 1 fully saturated rings. The van der Waals surface area contributed by atoms with E-state index in [0.717, 1.165) is 60.8 Å². The quantitative estimate of drug-likeness (QED) is 0.689. The van der Waals surface area contributed by atoms with Crippen molar-refractivity contribution in [3.05, 3.63) is 58.7 Å². The normalized spacial score (nSPS) is 20.2. The van der Waals surface area contributed by atoms with E-state index in [0.29, 0.717) is 11.5 Å². The summed E-state index contributed by atoms with van der Waals surface area (Å²) in [4.78, 5) is 9.56. The summed E-state index contributed by atoms with van der Waals surface area (Å²) >= 11 is 0. The first kappa shape index (κ1) is 20.1. The lowest BCUT2D eigenvalue weighted by atomic mass is 9.91. The largest absolute Gasteiger partial charge is 0.507 e. The average Bonchev–Trinajstić information content (AvgIpc) is 2.73. The molecule has 0 aromatic heterocycles. The van der Waals surface area contributed by atoms with Crippen LogP contribution < -0.4 is 0 Å². The molecule has 4 heteroatoms. The van der Waals surface area contributed by atoms with Gasteiger partial charge in [-0.2, -0.15) is 0 Å². The molecular formula is C24H30N2O2.